The van der Waals surface area contributed by atoms with Crippen LogP contribution in [0, 0.1) is 5.92 Å². The fourth-order valence-electron chi connectivity index (χ4n) is 2.20. The van der Waals surface area contributed by atoms with Crippen LogP contribution in [-0.4, -0.2) is 21.9 Å². The second-order valence-corrected chi connectivity index (χ2v) is 5.63. The third-order valence-corrected chi connectivity index (χ3v) is 3.39. The largest absolute Gasteiger partial charge is 0.497 e. The van der Waals surface area contributed by atoms with Crippen molar-refractivity contribution < 1.29 is 4.74 Å². The molecule has 5 nitrogen and oxygen atoms in total. The summed E-state index contributed by atoms with van der Waals surface area (Å²) in [6.45, 7) is 8.09. The molecule has 114 valence electrons. The van der Waals surface area contributed by atoms with Gasteiger partial charge in [-0.15, -0.1) is 0 Å². The first kappa shape index (κ1) is 15.5. The fourth-order valence-corrected chi connectivity index (χ4v) is 2.20. The molecule has 0 radical (unpaired) electrons. The number of hydrogen-bond acceptors (Lipinski definition) is 4. The van der Waals surface area contributed by atoms with Crippen LogP contribution < -0.4 is 10.1 Å². The monoisotopic (exact) mass is 288 g/mol. The first-order valence-electron chi connectivity index (χ1n) is 7.34. The Morgan fingerprint density at radius 3 is 2.81 bits per heavy atom. The molecule has 1 N–H and O–H groups in total. The lowest BCUT2D eigenvalue weighted by atomic mass is 10.1. The molecular formula is C16H24N4O. The minimum absolute atomic E-state index is 0.226. The maximum atomic E-state index is 5.26. The van der Waals surface area contributed by atoms with Crippen LogP contribution in [0.3, 0.4) is 0 Å². The van der Waals surface area contributed by atoms with Crippen LogP contribution in [0.4, 0.5) is 0 Å². The minimum Gasteiger partial charge on any atom is -0.497 e. The maximum absolute atomic E-state index is 5.26. The molecule has 0 bridgehead atoms. The summed E-state index contributed by atoms with van der Waals surface area (Å²) in [7, 11) is 1.69. The maximum Gasteiger partial charge on any atom is 0.140 e. The highest BCUT2D eigenvalue weighted by atomic mass is 16.5. The molecule has 21 heavy (non-hydrogen) atoms. The van der Waals surface area contributed by atoms with Gasteiger partial charge >= 0.3 is 0 Å². The molecule has 0 aliphatic carbocycles. The lowest BCUT2D eigenvalue weighted by Gasteiger charge is -2.15. The lowest BCUT2D eigenvalue weighted by Crippen LogP contribution is -2.22. The Bertz CT molecular complexity index is 565. The van der Waals surface area contributed by atoms with Crippen molar-refractivity contribution in [3.05, 3.63) is 42.0 Å². The van der Waals surface area contributed by atoms with Gasteiger partial charge in [0.25, 0.3) is 0 Å². The topological polar surface area (TPSA) is 52.0 Å². The molecule has 1 aromatic carbocycles. The standard InChI is InChI=1S/C16H24N4O/c1-12(2)10-20-16(18-11-19-20)9-17-13(3)14-6-5-7-15(8-14)21-4/h5-8,11-13,17H,9-10H2,1-4H3/t13-/m1/s1. The van der Waals surface area contributed by atoms with Gasteiger partial charge < -0.3 is 10.1 Å². The Morgan fingerprint density at radius 2 is 2.10 bits per heavy atom. The van der Waals surface area contributed by atoms with Gasteiger partial charge in [0.15, 0.2) is 0 Å². The van der Waals surface area contributed by atoms with Crippen molar-refractivity contribution in [2.75, 3.05) is 7.11 Å². The van der Waals surface area contributed by atoms with Gasteiger partial charge in [0, 0.05) is 12.6 Å². The highest BCUT2D eigenvalue weighted by Gasteiger charge is 2.10. The normalized spacial score (nSPS) is 12.6. The van der Waals surface area contributed by atoms with Crippen molar-refractivity contribution in [1.29, 1.82) is 0 Å². The average molecular weight is 288 g/mol. The van der Waals surface area contributed by atoms with Gasteiger partial charge in [0.1, 0.15) is 17.9 Å². The molecule has 1 aromatic heterocycles. The van der Waals surface area contributed by atoms with E-state index in [2.05, 4.69) is 48.3 Å². The number of aromatic nitrogens is 3. The van der Waals surface area contributed by atoms with Gasteiger partial charge in [0.2, 0.25) is 0 Å². The predicted octanol–water partition coefficient (Wildman–Crippen LogP) is 2.79. The van der Waals surface area contributed by atoms with E-state index in [1.54, 1.807) is 13.4 Å². The van der Waals surface area contributed by atoms with Crippen LogP contribution in [0.15, 0.2) is 30.6 Å². The number of nitrogens with zero attached hydrogens (tertiary/aromatic N) is 3. The third kappa shape index (κ3) is 4.29. The van der Waals surface area contributed by atoms with Crippen LogP contribution in [0.2, 0.25) is 0 Å². The van der Waals surface area contributed by atoms with Crippen LogP contribution >= 0.6 is 0 Å². The second kappa shape index (κ2) is 7.22. The first-order valence-corrected chi connectivity index (χ1v) is 7.34. The van der Waals surface area contributed by atoms with Crippen LogP contribution in [0.1, 0.15) is 38.2 Å². The summed E-state index contributed by atoms with van der Waals surface area (Å²) >= 11 is 0. The van der Waals surface area contributed by atoms with E-state index in [9.17, 15) is 0 Å². The number of nitrogens with one attached hydrogen (secondary N) is 1. The molecule has 1 heterocycles. The van der Waals surface area contributed by atoms with Crippen LogP contribution in [0.25, 0.3) is 0 Å². The van der Waals surface area contributed by atoms with E-state index in [4.69, 9.17) is 4.74 Å². The summed E-state index contributed by atoms with van der Waals surface area (Å²) in [4.78, 5) is 4.33. The summed E-state index contributed by atoms with van der Waals surface area (Å²) in [6.07, 6.45) is 1.62. The predicted molar refractivity (Wildman–Crippen MR) is 83.1 cm³/mol. The van der Waals surface area contributed by atoms with E-state index < -0.39 is 0 Å². The lowest BCUT2D eigenvalue weighted by molar-refractivity contribution is 0.412. The van der Waals surface area contributed by atoms with Gasteiger partial charge in [-0.3, -0.25) is 0 Å². The van der Waals surface area contributed by atoms with E-state index in [1.807, 2.05) is 16.8 Å². The molecule has 0 amide bonds. The van der Waals surface area contributed by atoms with Gasteiger partial charge in [-0.05, 0) is 30.5 Å². The van der Waals surface area contributed by atoms with Crippen molar-refractivity contribution >= 4 is 0 Å². The first-order chi connectivity index (χ1) is 10.1. The number of benzene rings is 1. The van der Waals surface area contributed by atoms with Gasteiger partial charge in [0.05, 0.1) is 13.7 Å². The zero-order valence-electron chi connectivity index (χ0n) is 13.2. The summed E-state index contributed by atoms with van der Waals surface area (Å²) in [5.41, 5.74) is 1.20. The Labute approximate surface area is 126 Å². The van der Waals surface area contributed by atoms with Crippen LogP contribution in [0.5, 0.6) is 5.75 Å². The third-order valence-electron chi connectivity index (χ3n) is 3.39. The van der Waals surface area contributed by atoms with E-state index in [0.29, 0.717) is 12.5 Å². The quantitative estimate of drug-likeness (QED) is 0.851. The Morgan fingerprint density at radius 1 is 1.29 bits per heavy atom. The summed E-state index contributed by atoms with van der Waals surface area (Å²) in [5.74, 6) is 2.41. The van der Waals surface area contributed by atoms with Gasteiger partial charge in [-0.2, -0.15) is 5.10 Å². The highest BCUT2D eigenvalue weighted by Crippen LogP contribution is 2.19. The highest BCUT2D eigenvalue weighted by molar-refractivity contribution is 5.30. The second-order valence-electron chi connectivity index (χ2n) is 5.63. The molecule has 0 aliphatic heterocycles. The number of hydrogen-bond donors (Lipinski definition) is 1. The molecule has 0 saturated carbocycles. The summed E-state index contributed by atoms with van der Waals surface area (Å²) in [5, 5.41) is 7.77. The van der Waals surface area contributed by atoms with Crippen molar-refractivity contribution in [3.8, 4) is 5.75 Å². The minimum atomic E-state index is 0.226. The van der Waals surface area contributed by atoms with E-state index >= 15 is 0 Å². The molecular weight excluding hydrogens is 264 g/mol. The van der Waals surface area contributed by atoms with E-state index in [0.717, 1.165) is 18.1 Å². The van der Waals surface area contributed by atoms with Crippen LogP contribution in [-0.2, 0) is 13.1 Å². The van der Waals surface area contributed by atoms with Crippen molar-refractivity contribution in [2.45, 2.75) is 39.9 Å². The summed E-state index contributed by atoms with van der Waals surface area (Å²) < 4.78 is 7.23. The molecule has 2 aromatic rings. The molecule has 5 heteroatoms. The molecule has 0 saturated heterocycles. The van der Waals surface area contributed by atoms with Crippen molar-refractivity contribution in [2.24, 2.45) is 5.92 Å². The average Bonchev–Trinajstić information content (AvgIpc) is 2.91. The van der Waals surface area contributed by atoms with E-state index in [-0.39, 0.29) is 6.04 Å². The molecule has 1 atom stereocenters. The fraction of sp³-hybridized carbons (Fsp3) is 0.500. The zero-order chi connectivity index (χ0) is 15.2. The number of methoxy groups -OCH3 is 1. The Kier molecular flexibility index (Phi) is 5.33. The molecule has 0 aliphatic rings. The smallest absolute Gasteiger partial charge is 0.140 e. The molecule has 0 fully saturated rings. The number of ether oxygens (including phenoxy) is 1. The Hall–Kier alpha value is -1.88. The van der Waals surface area contributed by atoms with Gasteiger partial charge in [-0.25, -0.2) is 9.67 Å². The Balaban J connectivity index is 1.97. The van der Waals surface area contributed by atoms with Gasteiger partial charge in [-0.1, -0.05) is 26.0 Å². The van der Waals surface area contributed by atoms with Crippen molar-refractivity contribution in [1.82, 2.24) is 20.1 Å². The summed E-state index contributed by atoms with van der Waals surface area (Å²) in [6, 6.07) is 8.34. The number of rotatable bonds is 7. The molecule has 0 spiro atoms. The molecule has 0 unspecified atom stereocenters. The zero-order valence-corrected chi connectivity index (χ0v) is 13.2. The van der Waals surface area contributed by atoms with E-state index in [1.165, 1.54) is 5.56 Å². The molecule has 2 rings (SSSR count). The van der Waals surface area contributed by atoms with Crippen molar-refractivity contribution in [3.63, 3.8) is 0 Å². The SMILES string of the molecule is COc1cccc([C@@H](C)NCc2ncnn2CC(C)C)c1.